The van der Waals surface area contributed by atoms with Crippen LogP contribution in [0, 0.1) is 5.82 Å². The molecule has 0 saturated carbocycles. The molecule has 8 nitrogen and oxygen atoms in total. The zero-order valence-corrected chi connectivity index (χ0v) is 21.8. The summed E-state index contributed by atoms with van der Waals surface area (Å²) in [6, 6.07) is 13.0. The van der Waals surface area contributed by atoms with Crippen LogP contribution in [-0.4, -0.2) is 54.0 Å². The molecule has 1 atom stereocenters. The Morgan fingerprint density at radius 2 is 1.95 bits per heavy atom. The van der Waals surface area contributed by atoms with Gasteiger partial charge in [0.2, 0.25) is 0 Å². The Balaban J connectivity index is 1.57. The zero-order valence-electron chi connectivity index (χ0n) is 21.0. The Kier molecular flexibility index (Phi) is 10.5. The first-order chi connectivity index (χ1) is 18.6. The molecular weight excluding hydrogens is 539 g/mol. The van der Waals surface area contributed by atoms with Gasteiger partial charge in [0.05, 0.1) is 23.9 Å². The predicted octanol–water partition coefficient (Wildman–Crippen LogP) is 5.43. The van der Waals surface area contributed by atoms with E-state index in [-0.39, 0.29) is 36.3 Å². The minimum atomic E-state index is -3.44. The number of rotatable bonds is 13. The molecule has 0 spiro atoms. The molecule has 0 aliphatic heterocycles. The second-order valence-corrected chi connectivity index (χ2v) is 9.17. The molecule has 0 fully saturated rings. The summed E-state index contributed by atoms with van der Waals surface area (Å²) in [5, 5.41) is 6.27. The number of benzene rings is 2. The molecule has 3 aromatic rings. The zero-order chi connectivity index (χ0) is 28.4. The van der Waals surface area contributed by atoms with E-state index in [1.54, 1.807) is 6.07 Å². The van der Waals surface area contributed by atoms with Crippen LogP contribution in [0.4, 0.5) is 18.0 Å². The van der Waals surface area contributed by atoms with E-state index in [1.807, 2.05) is 30.3 Å². The average molecular weight is 566 g/mol. The average Bonchev–Trinajstić information content (AvgIpc) is 3.39. The molecule has 2 amide bonds. The number of nitrogens with zero attached hydrogens (tertiary/aromatic N) is 2. The van der Waals surface area contributed by atoms with Crippen LogP contribution in [0.2, 0.25) is 5.02 Å². The molecule has 0 saturated heterocycles. The second kappa shape index (κ2) is 13.8. The van der Waals surface area contributed by atoms with E-state index in [0.717, 1.165) is 16.5 Å². The number of aldehydes is 1. The molecule has 0 unspecified atom stereocenters. The number of urea groups is 1. The number of likely N-dealkylation sites (N-methyl/N-ethyl adjacent to an activating group) is 1. The molecule has 39 heavy (non-hydrogen) atoms. The first-order valence-electron chi connectivity index (χ1n) is 12.0. The number of aryl methyl sites for hydroxylation is 1. The van der Waals surface area contributed by atoms with Gasteiger partial charge in [0.25, 0.3) is 5.92 Å². The number of alkyl halides is 2. The summed E-state index contributed by atoms with van der Waals surface area (Å²) in [5.41, 5.74) is 1.73. The summed E-state index contributed by atoms with van der Waals surface area (Å²) >= 11 is 5.89. The van der Waals surface area contributed by atoms with E-state index in [1.165, 1.54) is 19.2 Å². The van der Waals surface area contributed by atoms with Crippen LogP contribution in [0.25, 0.3) is 11.3 Å². The first-order valence-corrected chi connectivity index (χ1v) is 12.4. The van der Waals surface area contributed by atoms with Gasteiger partial charge >= 0.3 is 12.0 Å². The quantitative estimate of drug-likeness (QED) is 0.219. The minimum absolute atomic E-state index is 0.0796. The molecule has 1 N–H and O–H groups in total. The van der Waals surface area contributed by atoms with Crippen molar-refractivity contribution in [2.24, 2.45) is 0 Å². The predicted molar refractivity (Wildman–Crippen MR) is 137 cm³/mol. The van der Waals surface area contributed by atoms with Gasteiger partial charge < -0.3 is 24.3 Å². The van der Waals surface area contributed by atoms with Crippen molar-refractivity contribution in [3.63, 3.8) is 0 Å². The molecule has 1 aromatic heterocycles. The van der Waals surface area contributed by atoms with Gasteiger partial charge in [-0.15, -0.1) is 0 Å². The van der Waals surface area contributed by atoms with Gasteiger partial charge in [-0.25, -0.2) is 18.0 Å². The summed E-state index contributed by atoms with van der Waals surface area (Å²) in [4.78, 5) is 36.7. The highest BCUT2D eigenvalue weighted by Gasteiger charge is 2.36. The number of carbonyl (C=O) groups is 3. The van der Waals surface area contributed by atoms with E-state index >= 15 is 0 Å². The van der Waals surface area contributed by atoms with Crippen molar-refractivity contribution in [3.8, 4) is 11.3 Å². The van der Waals surface area contributed by atoms with E-state index in [4.69, 9.17) is 20.9 Å². The topological polar surface area (TPSA) is 102 Å². The molecule has 1 heterocycles. The maximum atomic E-state index is 14.3. The van der Waals surface area contributed by atoms with E-state index in [9.17, 15) is 27.6 Å². The fraction of sp³-hybridized carbons (Fsp3) is 0.333. The molecule has 208 valence electrons. The van der Waals surface area contributed by atoms with Crippen LogP contribution in [-0.2, 0) is 27.3 Å². The Morgan fingerprint density at radius 3 is 2.67 bits per heavy atom. The van der Waals surface area contributed by atoms with Gasteiger partial charge in [-0.2, -0.15) is 0 Å². The standard InChI is InChI=1S/C27H27ClF3N3O5/c1-34(26(37)32-16-19-8-5-9-22(29)25(19)28)20(15-27(30,31)12-13-35)17-38-24(36)11-10-21-14-23(33-39-21)18-6-3-2-4-7-18/h2-9,13-14,20H,10-12,15-17H2,1H3,(H,32,37)/t20-/m0/s1. The number of carbonyl (C=O) groups excluding carboxylic acids is 3. The number of amides is 2. The van der Waals surface area contributed by atoms with E-state index in [2.05, 4.69) is 10.5 Å². The molecule has 12 heteroatoms. The maximum Gasteiger partial charge on any atom is 0.317 e. The normalized spacial score (nSPS) is 12.0. The van der Waals surface area contributed by atoms with Gasteiger partial charge in [0.1, 0.15) is 30.2 Å². The summed E-state index contributed by atoms with van der Waals surface area (Å²) < 4.78 is 52.6. The van der Waals surface area contributed by atoms with Crippen molar-refractivity contribution in [1.29, 1.82) is 0 Å². The molecule has 0 radical (unpaired) electrons. The lowest BCUT2D eigenvalue weighted by molar-refractivity contribution is -0.146. The molecular formula is C27H27ClF3N3O5. The van der Waals surface area contributed by atoms with Crippen molar-refractivity contribution in [1.82, 2.24) is 15.4 Å². The second-order valence-electron chi connectivity index (χ2n) is 8.79. The number of esters is 1. The number of aromatic nitrogens is 1. The fourth-order valence-corrected chi connectivity index (χ4v) is 3.86. The van der Waals surface area contributed by atoms with Crippen molar-refractivity contribution >= 4 is 29.9 Å². The van der Waals surface area contributed by atoms with Gasteiger partial charge in [0, 0.05) is 38.1 Å². The third kappa shape index (κ3) is 8.85. The Morgan fingerprint density at radius 1 is 1.21 bits per heavy atom. The van der Waals surface area contributed by atoms with Gasteiger partial charge in [-0.05, 0) is 11.6 Å². The van der Waals surface area contributed by atoms with Gasteiger partial charge in [0.15, 0.2) is 0 Å². The molecule has 2 aromatic carbocycles. The maximum absolute atomic E-state index is 14.3. The lowest BCUT2D eigenvalue weighted by atomic mass is 10.1. The van der Waals surface area contributed by atoms with Crippen LogP contribution in [0.3, 0.4) is 0 Å². The highest BCUT2D eigenvalue weighted by molar-refractivity contribution is 6.31. The monoisotopic (exact) mass is 565 g/mol. The van der Waals surface area contributed by atoms with Gasteiger partial charge in [-0.3, -0.25) is 4.79 Å². The van der Waals surface area contributed by atoms with Crippen LogP contribution in [0.15, 0.2) is 59.1 Å². The number of hydrogen-bond donors (Lipinski definition) is 1. The first kappa shape index (κ1) is 29.7. The number of halogens is 4. The lowest BCUT2D eigenvalue weighted by Crippen LogP contribution is -2.48. The van der Waals surface area contributed by atoms with Crippen LogP contribution >= 0.6 is 11.6 Å². The number of nitrogens with one attached hydrogen (secondary N) is 1. The molecule has 0 bridgehead atoms. The molecule has 0 aliphatic carbocycles. The van der Waals surface area contributed by atoms with Crippen LogP contribution < -0.4 is 5.32 Å². The smallest absolute Gasteiger partial charge is 0.317 e. The van der Waals surface area contributed by atoms with Crippen molar-refractivity contribution in [3.05, 3.63) is 76.8 Å². The highest BCUT2D eigenvalue weighted by Crippen LogP contribution is 2.26. The largest absolute Gasteiger partial charge is 0.463 e. The third-order valence-corrected chi connectivity index (χ3v) is 6.31. The summed E-state index contributed by atoms with van der Waals surface area (Å²) in [5.74, 6) is -4.37. The third-order valence-electron chi connectivity index (χ3n) is 5.89. The Hall–Kier alpha value is -3.86. The summed E-state index contributed by atoms with van der Waals surface area (Å²) in [6.45, 7) is -0.706. The SMILES string of the molecule is CN(C(=O)NCc1cccc(F)c1Cl)[C@H](COC(=O)CCc1cc(-c2ccccc2)no1)CC(F)(F)CC=O. The summed E-state index contributed by atoms with van der Waals surface area (Å²) in [6.07, 6.45) is -1.85. The van der Waals surface area contributed by atoms with Crippen LogP contribution in [0.1, 0.15) is 30.6 Å². The molecule has 3 rings (SSSR count). The Bertz CT molecular complexity index is 1270. The van der Waals surface area contributed by atoms with Crippen molar-refractivity contribution in [2.45, 2.75) is 44.2 Å². The minimum Gasteiger partial charge on any atom is -0.463 e. The molecule has 0 aliphatic rings. The van der Waals surface area contributed by atoms with Crippen molar-refractivity contribution in [2.75, 3.05) is 13.7 Å². The van der Waals surface area contributed by atoms with Crippen LogP contribution in [0.5, 0.6) is 0 Å². The lowest BCUT2D eigenvalue weighted by Gasteiger charge is -2.30. The number of hydrogen-bond acceptors (Lipinski definition) is 6. The highest BCUT2D eigenvalue weighted by atomic mass is 35.5. The van der Waals surface area contributed by atoms with E-state index in [0.29, 0.717) is 11.5 Å². The van der Waals surface area contributed by atoms with Gasteiger partial charge in [-0.1, -0.05) is 59.2 Å². The fourth-order valence-electron chi connectivity index (χ4n) is 3.67. The van der Waals surface area contributed by atoms with E-state index < -0.39 is 49.2 Å². The Labute approximate surface area is 228 Å². The van der Waals surface area contributed by atoms with Crippen molar-refractivity contribution < 1.29 is 36.8 Å². The number of ether oxygens (including phenoxy) is 1. The summed E-state index contributed by atoms with van der Waals surface area (Å²) in [7, 11) is 1.25.